The number of benzene rings is 1. The van der Waals surface area contributed by atoms with Gasteiger partial charge >= 0.3 is 5.97 Å². The number of hydrogen-bond acceptors (Lipinski definition) is 4. The molecule has 3 rings (SSSR count). The Morgan fingerprint density at radius 2 is 2.35 bits per heavy atom. The number of aryl methyl sites for hydroxylation is 1. The summed E-state index contributed by atoms with van der Waals surface area (Å²) in [5, 5.41) is 12.4. The smallest absolute Gasteiger partial charge is 0.336 e. The van der Waals surface area contributed by atoms with Gasteiger partial charge in [0, 0.05) is 17.6 Å². The van der Waals surface area contributed by atoms with Crippen LogP contribution in [0.3, 0.4) is 0 Å². The van der Waals surface area contributed by atoms with Gasteiger partial charge < -0.3 is 10.0 Å². The molecule has 1 aromatic carbocycles. The summed E-state index contributed by atoms with van der Waals surface area (Å²) in [5.41, 5.74) is 3.49. The summed E-state index contributed by atoms with van der Waals surface area (Å²) in [6, 6.07) is 5.53. The SMILES string of the molecule is Cc1nc(CN2CCCc3c(C(=O)O)cccc32)cs1. The van der Waals surface area contributed by atoms with Crippen LogP contribution in [0.2, 0.25) is 0 Å². The number of nitrogens with zero attached hydrogens (tertiary/aromatic N) is 2. The van der Waals surface area contributed by atoms with Crippen molar-refractivity contribution in [3.05, 3.63) is 45.4 Å². The quantitative estimate of drug-likeness (QED) is 0.943. The molecule has 1 N–H and O–H groups in total. The Balaban J connectivity index is 1.94. The van der Waals surface area contributed by atoms with Gasteiger partial charge in [-0.3, -0.25) is 0 Å². The lowest BCUT2D eigenvalue weighted by molar-refractivity contribution is 0.0695. The third-order valence-electron chi connectivity index (χ3n) is 3.60. The molecule has 0 fully saturated rings. The fourth-order valence-corrected chi connectivity index (χ4v) is 3.35. The summed E-state index contributed by atoms with van der Waals surface area (Å²) in [7, 11) is 0. The molecule has 1 aliphatic rings. The molecule has 1 aromatic heterocycles. The number of carboxylic acid groups (broad SMARTS) is 1. The lowest BCUT2D eigenvalue weighted by atomic mass is 9.96. The molecule has 1 aliphatic heterocycles. The summed E-state index contributed by atoms with van der Waals surface area (Å²) in [4.78, 5) is 18.0. The predicted octanol–water partition coefficient (Wildman–Crippen LogP) is 3.10. The third kappa shape index (κ3) is 2.41. The monoisotopic (exact) mass is 288 g/mol. The zero-order chi connectivity index (χ0) is 14.1. The lowest BCUT2D eigenvalue weighted by Gasteiger charge is -2.31. The molecule has 0 bridgehead atoms. The normalized spacial score (nSPS) is 14.2. The highest BCUT2D eigenvalue weighted by Gasteiger charge is 2.22. The standard InChI is InChI=1S/C15H16N2O2S/c1-10-16-11(9-20-10)8-17-7-3-5-12-13(15(18)19)4-2-6-14(12)17/h2,4,6,9H,3,5,7-8H2,1H3,(H,18,19). The number of aromatic carboxylic acids is 1. The number of anilines is 1. The number of hydrogen-bond donors (Lipinski definition) is 1. The second-order valence-electron chi connectivity index (χ2n) is 4.99. The molecule has 0 saturated heterocycles. The van der Waals surface area contributed by atoms with Crippen LogP contribution < -0.4 is 4.90 Å². The van der Waals surface area contributed by atoms with Gasteiger partial charge in [-0.15, -0.1) is 11.3 Å². The van der Waals surface area contributed by atoms with Gasteiger partial charge in [0.05, 0.1) is 22.8 Å². The molecule has 104 valence electrons. The molecule has 0 unspecified atom stereocenters. The molecule has 0 radical (unpaired) electrons. The Labute approximate surface area is 121 Å². The molecule has 0 atom stereocenters. The topological polar surface area (TPSA) is 53.4 Å². The fraction of sp³-hybridized carbons (Fsp3) is 0.333. The van der Waals surface area contributed by atoms with Crippen molar-refractivity contribution in [3.8, 4) is 0 Å². The number of carbonyl (C=O) groups is 1. The first-order valence-corrected chi connectivity index (χ1v) is 7.54. The Kier molecular flexibility index (Phi) is 3.44. The lowest BCUT2D eigenvalue weighted by Crippen LogP contribution is -2.30. The number of carboxylic acids is 1. The van der Waals surface area contributed by atoms with Gasteiger partial charge in [-0.1, -0.05) is 6.07 Å². The molecule has 0 aliphatic carbocycles. The zero-order valence-corrected chi connectivity index (χ0v) is 12.1. The summed E-state index contributed by atoms with van der Waals surface area (Å²) in [6.45, 7) is 3.70. The van der Waals surface area contributed by atoms with Crippen LogP contribution in [-0.2, 0) is 13.0 Å². The average molecular weight is 288 g/mol. The molecular weight excluding hydrogens is 272 g/mol. The molecule has 4 nitrogen and oxygen atoms in total. The van der Waals surface area contributed by atoms with Gasteiger partial charge in [0.1, 0.15) is 0 Å². The second kappa shape index (κ2) is 5.25. The summed E-state index contributed by atoms with van der Waals surface area (Å²) in [5.74, 6) is -0.840. The van der Waals surface area contributed by atoms with Crippen LogP contribution in [0.1, 0.15) is 33.0 Å². The van der Waals surface area contributed by atoms with E-state index in [-0.39, 0.29) is 0 Å². The van der Waals surface area contributed by atoms with E-state index in [1.807, 2.05) is 19.1 Å². The number of rotatable bonds is 3. The maximum atomic E-state index is 11.3. The first-order valence-electron chi connectivity index (χ1n) is 6.66. The van der Waals surface area contributed by atoms with Gasteiger partial charge in [0.2, 0.25) is 0 Å². The third-order valence-corrected chi connectivity index (χ3v) is 4.42. The molecular formula is C15H16N2O2S. The Morgan fingerprint density at radius 1 is 1.50 bits per heavy atom. The highest BCUT2D eigenvalue weighted by Crippen LogP contribution is 2.31. The minimum Gasteiger partial charge on any atom is -0.478 e. The molecule has 0 amide bonds. The van der Waals surface area contributed by atoms with Crippen molar-refractivity contribution in [1.29, 1.82) is 0 Å². The largest absolute Gasteiger partial charge is 0.478 e. The molecule has 2 aromatic rings. The molecule has 2 heterocycles. The number of thiazole rings is 1. The average Bonchev–Trinajstić information content (AvgIpc) is 2.84. The van der Waals surface area contributed by atoms with Crippen molar-refractivity contribution in [2.24, 2.45) is 0 Å². The van der Waals surface area contributed by atoms with Crippen LogP contribution in [0.5, 0.6) is 0 Å². The molecule has 5 heteroatoms. The summed E-state index contributed by atoms with van der Waals surface area (Å²) < 4.78 is 0. The molecule has 20 heavy (non-hydrogen) atoms. The molecule has 0 saturated carbocycles. The number of aromatic nitrogens is 1. The Hall–Kier alpha value is -1.88. The van der Waals surface area contributed by atoms with Crippen LogP contribution in [0.15, 0.2) is 23.6 Å². The summed E-state index contributed by atoms with van der Waals surface area (Å²) in [6.07, 6.45) is 1.82. The van der Waals surface area contributed by atoms with Gasteiger partial charge in [0.25, 0.3) is 0 Å². The van der Waals surface area contributed by atoms with Crippen molar-refractivity contribution < 1.29 is 9.90 Å². The molecule has 0 spiro atoms. The van der Waals surface area contributed by atoms with E-state index in [1.165, 1.54) is 0 Å². The number of fused-ring (bicyclic) bond motifs is 1. The van der Waals surface area contributed by atoms with Crippen LogP contribution >= 0.6 is 11.3 Å². The summed E-state index contributed by atoms with van der Waals surface area (Å²) >= 11 is 1.65. The first-order chi connectivity index (χ1) is 9.65. The van der Waals surface area contributed by atoms with E-state index in [9.17, 15) is 9.90 Å². The Bertz CT molecular complexity index is 651. The van der Waals surface area contributed by atoms with Crippen molar-refractivity contribution in [2.75, 3.05) is 11.4 Å². The highest BCUT2D eigenvalue weighted by atomic mass is 32.1. The van der Waals surface area contributed by atoms with Crippen molar-refractivity contribution in [2.45, 2.75) is 26.3 Å². The van der Waals surface area contributed by atoms with E-state index in [4.69, 9.17) is 0 Å². The van der Waals surface area contributed by atoms with Gasteiger partial charge in [-0.2, -0.15) is 0 Å². The van der Waals surface area contributed by atoms with Gasteiger partial charge in [-0.05, 0) is 37.5 Å². The minimum absolute atomic E-state index is 0.432. The van der Waals surface area contributed by atoms with Crippen molar-refractivity contribution in [3.63, 3.8) is 0 Å². The predicted molar refractivity (Wildman–Crippen MR) is 79.6 cm³/mol. The maximum absolute atomic E-state index is 11.3. The highest BCUT2D eigenvalue weighted by molar-refractivity contribution is 7.09. The van der Waals surface area contributed by atoms with Crippen molar-refractivity contribution >= 4 is 23.0 Å². The van der Waals surface area contributed by atoms with E-state index >= 15 is 0 Å². The Morgan fingerprint density at radius 3 is 3.05 bits per heavy atom. The van der Waals surface area contributed by atoms with Crippen LogP contribution in [0.4, 0.5) is 5.69 Å². The fourth-order valence-electron chi connectivity index (χ4n) is 2.74. The van der Waals surface area contributed by atoms with Crippen molar-refractivity contribution in [1.82, 2.24) is 4.98 Å². The van der Waals surface area contributed by atoms with E-state index < -0.39 is 5.97 Å². The van der Waals surface area contributed by atoms with E-state index in [2.05, 4.69) is 15.3 Å². The van der Waals surface area contributed by atoms with E-state index in [1.54, 1.807) is 17.4 Å². The second-order valence-corrected chi connectivity index (χ2v) is 6.05. The van der Waals surface area contributed by atoms with Crippen LogP contribution in [0, 0.1) is 6.92 Å². The maximum Gasteiger partial charge on any atom is 0.336 e. The van der Waals surface area contributed by atoms with E-state index in [0.717, 1.165) is 47.9 Å². The van der Waals surface area contributed by atoms with Crippen LogP contribution in [0.25, 0.3) is 0 Å². The van der Waals surface area contributed by atoms with Gasteiger partial charge in [0.15, 0.2) is 0 Å². The zero-order valence-electron chi connectivity index (χ0n) is 11.3. The van der Waals surface area contributed by atoms with Gasteiger partial charge in [-0.25, -0.2) is 9.78 Å². The first kappa shape index (κ1) is 13.1. The minimum atomic E-state index is -0.840. The van der Waals surface area contributed by atoms with Crippen LogP contribution in [-0.4, -0.2) is 22.6 Å². The van der Waals surface area contributed by atoms with E-state index in [0.29, 0.717) is 5.56 Å².